The van der Waals surface area contributed by atoms with Crippen molar-refractivity contribution in [1.29, 1.82) is 0 Å². The second kappa shape index (κ2) is 6.21. The zero-order valence-electron chi connectivity index (χ0n) is 10.5. The van der Waals surface area contributed by atoms with Crippen LogP contribution in [-0.2, 0) is 6.54 Å². The SMILES string of the molecule is C=CNC(=O)N1CCN(Cc2ccccc2)CC1. The predicted molar refractivity (Wildman–Crippen MR) is 72.0 cm³/mol. The number of nitrogens with zero attached hydrogens (tertiary/aromatic N) is 2. The molecule has 0 aromatic heterocycles. The fourth-order valence-electron chi connectivity index (χ4n) is 2.13. The number of hydrogen-bond donors (Lipinski definition) is 1. The van der Waals surface area contributed by atoms with Gasteiger partial charge in [-0.3, -0.25) is 4.90 Å². The lowest BCUT2D eigenvalue weighted by Crippen LogP contribution is -2.50. The van der Waals surface area contributed by atoms with Crippen molar-refractivity contribution < 1.29 is 4.79 Å². The minimum atomic E-state index is -0.0515. The lowest BCUT2D eigenvalue weighted by molar-refractivity contribution is 0.137. The van der Waals surface area contributed by atoms with Crippen molar-refractivity contribution >= 4 is 6.03 Å². The van der Waals surface area contributed by atoms with Crippen molar-refractivity contribution in [3.05, 3.63) is 48.7 Å². The van der Waals surface area contributed by atoms with Crippen LogP contribution in [0.1, 0.15) is 5.56 Å². The van der Waals surface area contributed by atoms with Crippen LogP contribution in [0.25, 0.3) is 0 Å². The van der Waals surface area contributed by atoms with Crippen LogP contribution < -0.4 is 5.32 Å². The van der Waals surface area contributed by atoms with E-state index in [1.165, 1.54) is 11.8 Å². The van der Waals surface area contributed by atoms with Gasteiger partial charge in [-0.05, 0) is 11.8 Å². The monoisotopic (exact) mass is 245 g/mol. The molecule has 0 saturated carbocycles. The van der Waals surface area contributed by atoms with E-state index in [-0.39, 0.29) is 6.03 Å². The Morgan fingerprint density at radius 2 is 1.89 bits per heavy atom. The number of amides is 2. The van der Waals surface area contributed by atoms with Gasteiger partial charge in [0.05, 0.1) is 0 Å². The van der Waals surface area contributed by atoms with Crippen LogP contribution in [0.4, 0.5) is 4.79 Å². The van der Waals surface area contributed by atoms with E-state index >= 15 is 0 Å². The number of carbonyl (C=O) groups excluding carboxylic acids is 1. The molecular formula is C14H19N3O. The van der Waals surface area contributed by atoms with E-state index in [2.05, 4.69) is 41.1 Å². The summed E-state index contributed by atoms with van der Waals surface area (Å²) >= 11 is 0. The largest absolute Gasteiger partial charge is 0.322 e. The summed E-state index contributed by atoms with van der Waals surface area (Å²) in [5.74, 6) is 0. The molecule has 0 radical (unpaired) electrons. The third-order valence-electron chi connectivity index (χ3n) is 3.13. The molecule has 0 bridgehead atoms. The molecule has 1 aliphatic rings. The molecule has 0 spiro atoms. The van der Waals surface area contributed by atoms with Crippen molar-refractivity contribution in [1.82, 2.24) is 15.1 Å². The van der Waals surface area contributed by atoms with Gasteiger partial charge >= 0.3 is 6.03 Å². The summed E-state index contributed by atoms with van der Waals surface area (Å²) in [6.45, 7) is 7.83. The molecule has 1 aromatic rings. The zero-order valence-corrected chi connectivity index (χ0v) is 10.5. The number of nitrogens with one attached hydrogen (secondary N) is 1. The first kappa shape index (κ1) is 12.6. The molecule has 18 heavy (non-hydrogen) atoms. The highest BCUT2D eigenvalue weighted by atomic mass is 16.2. The van der Waals surface area contributed by atoms with Gasteiger partial charge in [-0.2, -0.15) is 0 Å². The number of urea groups is 1. The van der Waals surface area contributed by atoms with Gasteiger partial charge in [0.15, 0.2) is 0 Å². The fraction of sp³-hybridized carbons (Fsp3) is 0.357. The summed E-state index contributed by atoms with van der Waals surface area (Å²) in [6, 6.07) is 10.4. The van der Waals surface area contributed by atoms with Crippen molar-refractivity contribution in [2.24, 2.45) is 0 Å². The average molecular weight is 245 g/mol. The Bertz CT molecular complexity index is 397. The Balaban J connectivity index is 1.80. The maximum atomic E-state index is 11.6. The van der Waals surface area contributed by atoms with E-state index in [1.54, 1.807) is 0 Å². The maximum Gasteiger partial charge on any atom is 0.321 e. The van der Waals surface area contributed by atoms with E-state index in [4.69, 9.17) is 0 Å². The van der Waals surface area contributed by atoms with Gasteiger partial charge in [-0.25, -0.2) is 4.79 Å². The van der Waals surface area contributed by atoms with Crippen molar-refractivity contribution in [3.63, 3.8) is 0 Å². The van der Waals surface area contributed by atoms with Crippen LogP contribution in [0.5, 0.6) is 0 Å². The van der Waals surface area contributed by atoms with Crippen LogP contribution in [0.15, 0.2) is 43.1 Å². The topological polar surface area (TPSA) is 35.6 Å². The molecule has 0 unspecified atom stereocenters. The first-order valence-electron chi connectivity index (χ1n) is 6.22. The lowest BCUT2D eigenvalue weighted by atomic mass is 10.2. The molecule has 1 N–H and O–H groups in total. The molecule has 2 amide bonds. The van der Waals surface area contributed by atoms with Crippen LogP contribution in [0, 0.1) is 0 Å². The van der Waals surface area contributed by atoms with E-state index in [0.29, 0.717) is 0 Å². The summed E-state index contributed by atoms with van der Waals surface area (Å²) in [5.41, 5.74) is 1.32. The van der Waals surface area contributed by atoms with Crippen LogP contribution >= 0.6 is 0 Å². The number of piperazine rings is 1. The smallest absolute Gasteiger partial charge is 0.321 e. The highest BCUT2D eigenvalue weighted by molar-refractivity contribution is 5.75. The minimum absolute atomic E-state index is 0.0515. The third kappa shape index (κ3) is 3.34. The van der Waals surface area contributed by atoms with E-state index in [1.807, 2.05) is 11.0 Å². The van der Waals surface area contributed by atoms with Gasteiger partial charge in [-0.1, -0.05) is 36.9 Å². The first-order valence-corrected chi connectivity index (χ1v) is 6.22. The summed E-state index contributed by atoms with van der Waals surface area (Å²) in [7, 11) is 0. The molecular weight excluding hydrogens is 226 g/mol. The van der Waals surface area contributed by atoms with E-state index in [9.17, 15) is 4.79 Å². The van der Waals surface area contributed by atoms with E-state index < -0.39 is 0 Å². The highest BCUT2D eigenvalue weighted by Gasteiger charge is 2.20. The molecule has 1 heterocycles. The average Bonchev–Trinajstić information content (AvgIpc) is 2.41. The van der Waals surface area contributed by atoms with Gasteiger partial charge in [0, 0.05) is 32.7 Å². The summed E-state index contributed by atoms with van der Waals surface area (Å²) in [6.07, 6.45) is 1.43. The van der Waals surface area contributed by atoms with Crippen molar-refractivity contribution in [3.8, 4) is 0 Å². The molecule has 4 heteroatoms. The van der Waals surface area contributed by atoms with Gasteiger partial charge in [0.2, 0.25) is 0 Å². The van der Waals surface area contributed by atoms with E-state index in [0.717, 1.165) is 32.7 Å². The first-order chi connectivity index (χ1) is 8.79. The zero-order chi connectivity index (χ0) is 12.8. The Kier molecular flexibility index (Phi) is 4.36. The Labute approximate surface area is 108 Å². The standard InChI is InChI=1S/C14H19N3O/c1-2-15-14(18)17-10-8-16(9-11-17)12-13-6-4-3-5-7-13/h2-7H,1,8-12H2,(H,15,18). The van der Waals surface area contributed by atoms with Gasteiger partial charge in [-0.15, -0.1) is 0 Å². The molecule has 2 rings (SSSR count). The molecule has 1 saturated heterocycles. The number of carbonyl (C=O) groups is 1. The molecule has 1 aliphatic heterocycles. The summed E-state index contributed by atoms with van der Waals surface area (Å²) in [5, 5.41) is 2.61. The molecule has 4 nitrogen and oxygen atoms in total. The lowest BCUT2D eigenvalue weighted by Gasteiger charge is -2.34. The van der Waals surface area contributed by atoms with Gasteiger partial charge in [0.1, 0.15) is 0 Å². The maximum absolute atomic E-state index is 11.6. The quantitative estimate of drug-likeness (QED) is 0.879. The van der Waals surface area contributed by atoms with Gasteiger partial charge in [0.25, 0.3) is 0 Å². The number of rotatable bonds is 3. The van der Waals surface area contributed by atoms with Crippen LogP contribution in [0.2, 0.25) is 0 Å². The normalized spacial score (nSPS) is 16.3. The predicted octanol–water partition coefficient (Wildman–Crippen LogP) is 1.66. The van der Waals surface area contributed by atoms with Crippen LogP contribution in [0.3, 0.4) is 0 Å². The Morgan fingerprint density at radius 3 is 2.50 bits per heavy atom. The molecule has 0 aliphatic carbocycles. The van der Waals surface area contributed by atoms with Crippen molar-refractivity contribution in [2.45, 2.75) is 6.54 Å². The second-order valence-corrected chi connectivity index (χ2v) is 4.40. The van der Waals surface area contributed by atoms with Gasteiger partial charge < -0.3 is 10.2 Å². The fourth-order valence-corrected chi connectivity index (χ4v) is 2.13. The number of benzene rings is 1. The molecule has 96 valence electrons. The molecule has 1 fully saturated rings. The number of hydrogen-bond acceptors (Lipinski definition) is 2. The van der Waals surface area contributed by atoms with Crippen molar-refractivity contribution in [2.75, 3.05) is 26.2 Å². The summed E-state index contributed by atoms with van der Waals surface area (Å²) < 4.78 is 0. The third-order valence-corrected chi connectivity index (χ3v) is 3.13. The molecule has 0 atom stereocenters. The minimum Gasteiger partial charge on any atom is -0.322 e. The summed E-state index contributed by atoms with van der Waals surface area (Å²) in [4.78, 5) is 15.8. The second-order valence-electron chi connectivity index (χ2n) is 4.40. The Hall–Kier alpha value is -1.81. The Morgan fingerprint density at radius 1 is 1.22 bits per heavy atom. The van der Waals surface area contributed by atoms with Crippen LogP contribution in [-0.4, -0.2) is 42.0 Å². The highest BCUT2D eigenvalue weighted by Crippen LogP contribution is 2.08. The molecule has 1 aromatic carbocycles.